The Morgan fingerprint density at radius 2 is 2.00 bits per heavy atom. The van der Waals surface area contributed by atoms with Crippen LogP contribution in [0.5, 0.6) is 0 Å². The van der Waals surface area contributed by atoms with E-state index in [2.05, 4.69) is 49.5 Å². The molecule has 1 amide bonds. The molecule has 1 N–H and O–H groups in total. The van der Waals surface area contributed by atoms with Gasteiger partial charge in [0.2, 0.25) is 5.91 Å². The molecule has 0 spiro atoms. The Labute approximate surface area is 195 Å². The summed E-state index contributed by atoms with van der Waals surface area (Å²) in [6.45, 7) is 7.45. The van der Waals surface area contributed by atoms with Gasteiger partial charge in [-0.05, 0) is 51.4 Å². The highest BCUT2D eigenvalue weighted by molar-refractivity contribution is 5.78. The number of aryl methyl sites for hydroxylation is 1. The van der Waals surface area contributed by atoms with Gasteiger partial charge >= 0.3 is 0 Å². The third-order valence-electron chi connectivity index (χ3n) is 6.33. The number of carbonyl (C=O) groups excluding carboxylic acids is 1. The number of hydrogen-bond acceptors (Lipinski definition) is 6. The predicted octanol–water partition coefficient (Wildman–Crippen LogP) is 2.56. The number of carbonyl (C=O) groups is 1. The van der Waals surface area contributed by atoms with Gasteiger partial charge in [-0.1, -0.05) is 30.3 Å². The van der Waals surface area contributed by atoms with Crippen LogP contribution in [-0.4, -0.2) is 63.5 Å². The first-order valence-corrected chi connectivity index (χ1v) is 11.6. The molecule has 3 aromatic rings. The molecule has 1 unspecified atom stereocenters. The van der Waals surface area contributed by atoms with Crippen molar-refractivity contribution in [3.63, 3.8) is 0 Å². The second-order valence-electron chi connectivity index (χ2n) is 8.84. The van der Waals surface area contributed by atoms with Crippen LogP contribution in [0.1, 0.15) is 35.4 Å². The molecule has 0 radical (unpaired) electrons. The molecule has 3 heterocycles. The summed E-state index contributed by atoms with van der Waals surface area (Å²) >= 11 is 0. The minimum atomic E-state index is 0.0242. The molecule has 8 heteroatoms. The van der Waals surface area contributed by atoms with E-state index in [-0.39, 0.29) is 5.91 Å². The van der Waals surface area contributed by atoms with E-state index in [1.807, 2.05) is 49.0 Å². The SMILES string of the molecule is Cc1nn(Cc2ccccc2)c(C)c1CNC(=O)CN(C)CC1CCCN1c1cccnn1. The van der Waals surface area contributed by atoms with E-state index in [4.69, 9.17) is 0 Å². The maximum Gasteiger partial charge on any atom is 0.234 e. The summed E-state index contributed by atoms with van der Waals surface area (Å²) < 4.78 is 2.01. The third kappa shape index (κ3) is 5.76. The zero-order valence-electron chi connectivity index (χ0n) is 19.7. The Balaban J connectivity index is 1.29. The second-order valence-corrected chi connectivity index (χ2v) is 8.84. The molecule has 1 aliphatic rings. The van der Waals surface area contributed by atoms with Crippen LogP contribution in [0.4, 0.5) is 5.82 Å². The van der Waals surface area contributed by atoms with Gasteiger partial charge in [0.05, 0.1) is 18.8 Å². The van der Waals surface area contributed by atoms with Gasteiger partial charge in [0.15, 0.2) is 5.82 Å². The van der Waals surface area contributed by atoms with Gasteiger partial charge in [-0.15, -0.1) is 5.10 Å². The Kier molecular flexibility index (Phi) is 7.34. The van der Waals surface area contributed by atoms with E-state index < -0.39 is 0 Å². The second kappa shape index (κ2) is 10.6. The van der Waals surface area contributed by atoms with Crippen molar-refractivity contribution in [2.75, 3.05) is 31.6 Å². The Bertz CT molecular complexity index is 1050. The topological polar surface area (TPSA) is 79.2 Å². The summed E-state index contributed by atoms with van der Waals surface area (Å²) in [5, 5.41) is 16.0. The number of amides is 1. The predicted molar refractivity (Wildman–Crippen MR) is 129 cm³/mol. The van der Waals surface area contributed by atoms with E-state index in [1.165, 1.54) is 5.56 Å². The van der Waals surface area contributed by atoms with Crippen molar-refractivity contribution in [1.82, 2.24) is 30.2 Å². The normalized spacial score (nSPS) is 15.9. The highest BCUT2D eigenvalue weighted by atomic mass is 16.2. The standard InChI is InChI=1S/C25H33N7O/c1-19-23(20(2)32(29-19)16-21-9-5-4-6-10-21)15-26-25(33)18-30(3)17-22-11-8-14-31(22)24-12-7-13-27-28-24/h4-7,9-10,12-13,22H,8,11,14-18H2,1-3H3,(H,26,33). The average molecular weight is 448 g/mol. The number of rotatable bonds is 9. The summed E-state index contributed by atoms with van der Waals surface area (Å²) in [6.07, 6.45) is 3.92. The minimum absolute atomic E-state index is 0.0242. The lowest BCUT2D eigenvalue weighted by molar-refractivity contribution is -0.122. The highest BCUT2D eigenvalue weighted by Gasteiger charge is 2.27. The van der Waals surface area contributed by atoms with Gasteiger partial charge in [0.25, 0.3) is 0 Å². The minimum Gasteiger partial charge on any atom is -0.351 e. The van der Waals surface area contributed by atoms with Crippen LogP contribution in [0.25, 0.3) is 0 Å². The molecular formula is C25H33N7O. The zero-order valence-corrected chi connectivity index (χ0v) is 19.7. The molecule has 1 saturated heterocycles. The molecule has 1 aliphatic heterocycles. The van der Waals surface area contributed by atoms with Crippen molar-refractivity contribution in [3.8, 4) is 0 Å². The third-order valence-corrected chi connectivity index (χ3v) is 6.33. The summed E-state index contributed by atoms with van der Waals surface area (Å²) in [5.74, 6) is 0.937. The highest BCUT2D eigenvalue weighted by Crippen LogP contribution is 2.23. The van der Waals surface area contributed by atoms with Crippen molar-refractivity contribution in [2.45, 2.75) is 45.8 Å². The molecular weight excluding hydrogens is 414 g/mol. The van der Waals surface area contributed by atoms with Crippen LogP contribution in [0.2, 0.25) is 0 Å². The maximum absolute atomic E-state index is 12.7. The molecule has 0 saturated carbocycles. The molecule has 2 aromatic heterocycles. The van der Waals surface area contributed by atoms with Gasteiger partial charge in [0.1, 0.15) is 0 Å². The van der Waals surface area contributed by atoms with Crippen LogP contribution >= 0.6 is 0 Å². The molecule has 4 rings (SSSR count). The van der Waals surface area contributed by atoms with Crippen LogP contribution in [0.15, 0.2) is 48.7 Å². The molecule has 0 bridgehead atoms. The van der Waals surface area contributed by atoms with Crippen molar-refractivity contribution in [2.24, 2.45) is 0 Å². The van der Waals surface area contributed by atoms with Crippen LogP contribution in [0.3, 0.4) is 0 Å². The van der Waals surface area contributed by atoms with Crippen molar-refractivity contribution < 1.29 is 4.79 Å². The van der Waals surface area contributed by atoms with E-state index in [1.54, 1.807) is 6.20 Å². The summed E-state index contributed by atoms with van der Waals surface area (Å²) in [5.41, 5.74) is 4.35. The number of aromatic nitrogens is 4. The molecule has 0 aliphatic carbocycles. The fourth-order valence-corrected chi connectivity index (χ4v) is 4.59. The zero-order chi connectivity index (χ0) is 23.2. The van der Waals surface area contributed by atoms with E-state index in [0.717, 1.165) is 55.2 Å². The maximum atomic E-state index is 12.7. The number of benzene rings is 1. The lowest BCUT2D eigenvalue weighted by atomic mass is 10.2. The van der Waals surface area contributed by atoms with Gasteiger partial charge in [-0.25, -0.2) is 0 Å². The number of anilines is 1. The number of hydrogen-bond donors (Lipinski definition) is 1. The number of nitrogens with zero attached hydrogens (tertiary/aromatic N) is 6. The summed E-state index contributed by atoms with van der Waals surface area (Å²) in [4.78, 5) is 17.0. The first-order valence-electron chi connectivity index (χ1n) is 11.6. The molecule has 1 atom stereocenters. The number of nitrogens with one attached hydrogen (secondary N) is 1. The molecule has 33 heavy (non-hydrogen) atoms. The van der Waals surface area contributed by atoms with Gasteiger partial charge in [0, 0.05) is 43.1 Å². The molecule has 8 nitrogen and oxygen atoms in total. The molecule has 1 fully saturated rings. The average Bonchev–Trinajstić information content (AvgIpc) is 3.37. The quantitative estimate of drug-likeness (QED) is 0.543. The first kappa shape index (κ1) is 22.9. The van der Waals surface area contributed by atoms with Crippen molar-refractivity contribution in [1.29, 1.82) is 0 Å². The Hall–Kier alpha value is -3.26. The summed E-state index contributed by atoms with van der Waals surface area (Å²) in [7, 11) is 2.00. The first-order chi connectivity index (χ1) is 16.0. The van der Waals surface area contributed by atoms with Gasteiger partial charge in [-0.3, -0.25) is 14.4 Å². The number of likely N-dealkylation sites (N-methyl/N-ethyl adjacent to an activating group) is 1. The molecule has 174 valence electrons. The van der Waals surface area contributed by atoms with Crippen LogP contribution in [0, 0.1) is 13.8 Å². The largest absolute Gasteiger partial charge is 0.351 e. The van der Waals surface area contributed by atoms with Crippen molar-refractivity contribution >= 4 is 11.7 Å². The fraction of sp³-hybridized carbons (Fsp3) is 0.440. The lowest BCUT2D eigenvalue weighted by Crippen LogP contribution is -2.43. The van der Waals surface area contributed by atoms with E-state index in [9.17, 15) is 4.79 Å². The smallest absolute Gasteiger partial charge is 0.234 e. The fourth-order valence-electron chi connectivity index (χ4n) is 4.59. The monoisotopic (exact) mass is 447 g/mol. The summed E-state index contributed by atoms with van der Waals surface area (Å²) in [6, 6.07) is 14.6. The molecule has 1 aromatic carbocycles. The van der Waals surface area contributed by atoms with E-state index in [0.29, 0.717) is 19.1 Å². The van der Waals surface area contributed by atoms with E-state index >= 15 is 0 Å². The Morgan fingerprint density at radius 1 is 1.18 bits per heavy atom. The van der Waals surface area contributed by atoms with Crippen molar-refractivity contribution in [3.05, 3.63) is 71.2 Å². The van der Waals surface area contributed by atoms with Gasteiger partial charge < -0.3 is 10.2 Å². The van der Waals surface area contributed by atoms with Gasteiger partial charge in [-0.2, -0.15) is 10.2 Å². The Morgan fingerprint density at radius 3 is 2.76 bits per heavy atom. The van der Waals surface area contributed by atoms with Crippen LogP contribution in [-0.2, 0) is 17.9 Å². The van der Waals surface area contributed by atoms with Crippen LogP contribution < -0.4 is 10.2 Å². The lowest BCUT2D eigenvalue weighted by Gasteiger charge is -2.28.